The third-order valence-electron chi connectivity index (χ3n) is 1.88. The van der Waals surface area contributed by atoms with Gasteiger partial charge < -0.3 is 5.73 Å². The second-order valence-electron chi connectivity index (χ2n) is 3.72. The van der Waals surface area contributed by atoms with Crippen LogP contribution in [0.1, 0.15) is 20.8 Å². The lowest BCUT2D eigenvalue weighted by atomic mass is 10.3. The molecule has 0 rings (SSSR count). The van der Waals surface area contributed by atoms with Gasteiger partial charge in [-0.2, -0.15) is 0 Å². The predicted molar refractivity (Wildman–Crippen MR) is 59.6 cm³/mol. The van der Waals surface area contributed by atoms with Crippen molar-refractivity contribution in [1.29, 1.82) is 0 Å². The minimum Gasteiger partial charge on any atom is -0.402 e. The van der Waals surface area contributed by atoms with Gasteiger partial charge >= 0.3 is 0 Å². The molecule has 0 aliphatic carbocycles. The molecule has 0 saturated carbocycles. The molecule has 0 saturated heterocycles. The van der Waals surface area contributed by atoms with Crippen LogP contribution in [0.5, 0.6) is 0 Å². The molecule has 0 aliphatic heterocycles. The molecule has 5 nitrogen and oxygen atoms in total. The van der Waals surface area contributed by atoms with Crippen LogP contribution in [0.15, 0.2) is 11.8 Å². The molecular weight excluding hydrogens is 216 g/mol. The van der Waals surface area contributed by atoms with Crippen molar-refractivity contribution in [2.45, 2.75) is 26.8 Å². The smallest absolute Gasteiger partial charge is 0.221 e. The summed E-state index contributed by atoms with van der Waals surface area (Å²) in [5.74, 6) is -1.03. The zero-order chi connectivity index (χ0) is 12.2. The molecule has 0 bridgehead atoms. The van der Waals surface area contributed by atoms with E-state index in [-0.39, 0.29) is 6.04 Å². The molecular formula is C9H18N2O3S. The van der Waals surface area contributed by atoms with Gasteiger partial charge in [0.2, 0.25) is 10.0 Å². The summed E-state index contributed by atoms with van der Waals surface area (Å²) in [5.41, 5.74) is 5.59. The second-order valence-corrected chi connectivity index (χ2v) is 5.75. The van der Waals surface area contributed by atoms with E-state index in [0.717, 1.165) is 6.08 Å². The molecule has 88 valence electrons. The number of rotatable bonds is 5. The van der Waals surface area contributed by atoms with E-state index in [0.29, 0.717) is 5.70 Å². The summed E-state index contributed by atoms with van der Waals surface area (Å²) >= 11 is 0. The van der Waals surface area contributed by atoms with E-state index in [9.17, 15) is 13.2 Å². The van der Waals surface area contributed by atoms with E-state index >= 15 is 0 Å². The van der Waals surface area contributed by atoms with Gasteiger partial charge in [0.15, 0.2) is 5.78 Å². The Hall–Kier alpha value is -0.880. The predicted octanol–water partition coefficient (Wildman–Crippen LogP) is 0.0880. The third kappa shape index (κ3) is 4.94. The summed E-state index contributed by atoms with van der Waals surface area (Å²) in [6, 6.07) is -0.161. The van der Waals surface area contributed by atoms with Crippen molar-refractivity contribution in [1.82, 2.24) is 4.31 Å². The van der Waals surface area contributed by atoms with Gasteiger partial charge in [-0.15, -0.1) is 0 Å². The number of allylic oxidation sites excluding steroid dienone is 2. The first-order valence-corrected chi connectivity index (χ1v) is 6.20. The van der Waals surface area contributed by atoms with Crippen molar-refractivity contribution in [3.63, 3.8) is 0 Å². The second kappa shape index (κ2) is 5.27. The molecule has 0 aromatic carbocycles. The van der Waals surface area contributed by atoms with Crippen LogP contribution in [0.25, 0.3) is 0 Å². The van der Waals surface area contributed by atoms with Crippen LogP contribution >= 0.6 is 0 Å². The first-order valence-electron chi connectivity index (χ1n) is 4.59. The molecule has 0 heterocycles. The van der Waals surface area contributed by atoms with Crippen molar-refractivity contribution >= 4 is 15.8 Å². The highest BCUT2D eigenvalue weighted by Gasteiger charge is 2.22. The fourth-order valence-corrected chi connectivity index (χ4v) is 2.19. The maximum absolute atomic E-state index is 11.6. The van der Waals surface area contributed by atoms with Gasteiger partial charge in [0, 0.05) is 24.9 Å². The first kappa shape index (κ1) is 14.1. The fraction of sp³-hybridized carbons (Fsp3) is 0.667. The Labute approximate surface area is 91.0 Å². The Bertz CT molecular complexity index is 354. The Morgan fingerprint density at radius 1 is 1.47 bits per heavy atom. The standard InChI is InChI=1S/C9H18N2O3S/c1-7(2)11(4)15(13,14)6-9(12)5-8(3)10/h5,7H,6,10H2,1-4H3. The van der Waals surface area contributed by atoms with E-state index in [1.165, 1.54) is 18.3 Å². The maximum Gasteiger partial charge on any atom is 0.221 e. The highest BCUT2D eigenvalue weighted by molar-refractivity contribution is 7.89. The van der Waals surface area contributed by atoms with Crippen molar-refractivity contribution in [3.8, 4) is 0 Å². The van der Waals surface area contributed by atoms with Crippen LogP contribution < -0.4 is 5.73 Å². The van der Waals surface area contributed by atoms with Gasteiger partial charge in [-0.25, -0.2) is 12.7 Å². The lowest BCUT2D eigenvalue weighted by Gasteiger charge is -2.19. The Morgan fingerprint density at radius 3 is 2.27 bits per heavy atom. The minimum atomic E-state index is -3.52. The molecule has 0 aromatic heterocycles. The lowest BCUT2D eigenvalue weighted by molar-refractivity contribution is -0.112. The number of hydrogen-bond acceptors (Lipinski definition) is 4. The number of nitrogens with two attached hydrogens (primary N) is 1. The van der Waals surface area contributed by atoms with Crippen LogP contribution in [-0.4, -0.2) is 37.3 Å². The number of hydrogen-bond donors (Lipinski definition) is 1. The Balaban J connectivity index is 4.67. The summed E-state index contributed by atoms with van der Waals surface area (Å²) in [4.78, 5) is 11.2. The SMILES string of the molecule is CC(N)=CC(=O)CS(=O)(=O)N(C)C(C)C. The molecule has 0 aliphatic rings. The molecule has 0 fully saturated rings. The highest BCUT2D eigenvalue weighted by Crippen LogP contribution is 2.04. The molecule has 0 spiro atoms. The molecule has 0 radical (unpaired) electrons. The normalized spacial score (nSPS) is 13.6. The zero-order valence-corrected chi connectivity index (χ0v) is 10.3. The number of carbonyl (C=O) groups excluding carboxylic acids is 1. The van der Waals surface area contributed by atoms with Crippen LogP contribution in [0.4, 0.5) is 0 Å². The van der Waals surface area contributed by atoms with E-state index < -0.39 is 21.6 Å². The fourth-order valence-electron chi connectivity index (χ4n) is 0.898. The molecule has 2 N–H and O–H groups in total. The molecule has 15 heavy (non-hydrogen) atoms. The first-order chi connectivity index (χ1) is 6.66. The quantitative estimate of drug-likeness (QED) is 0.683. The molecule has 0 amide bonds. The van der Waals surface area contributed by atoms with Gasteiger partial charge in [-0.3, -0.25) is 4.79 Å². The van der Waals surface area contributed by atoms with E-state index in [2.05, 4.69) is 0 Å². The van der Waals surface area contributed by atoms with Crippen LogP contribution in [-0.2, 0) is 14.8 Å². The average Bonchev–Trinajstić information content (AvgIpc) is 1.99. The number of carbonyl (C=O) groups is 1. The minimum absolute atomic E-state index is 0.161. The Morgan fingerprint density at radius 2 is 1.93 bits per heavy atom. The third-order valence-corrected chi connectivity index (χ3v) is 3.83. The summed E-state index contributed by atoms with van der Waals surface area (Å²) in [5, 5.41) is 0. The highest BCUT2D eigenvalue weighted by atomic mass is 32.2. The van der Waals surface area contributed by atoms with Gasteiger partial charge in [0.1, 0.15) is 5.75 Å². The van der Waals surface area contributed by atoms with Crippen molar-refractivity contribution in [2.75, 3.05) is 12.8 Å². The zero-order valence-electron chi connectivity index (χ0n) is 9.52. The van der Waals surface area contributed by atoms with Crippen molar-refractivity contribution < 1.29 is 13.2 Å². The topological polar surface area (TPSA) is 80.5 Å². The Kier molecular flexibility index (Phi) is 4.96. The summed E-state index contributed by atoms with van der Waals surface area (Å²) in [6.07, 6.45) is 1.13. The monoisotopic (exact) mass is 234 g/mol. The number of ketones is 1. The number of nitrogens with zero attached hydrogens (tertiary/aromatic N) is 1. The summed E-state index contributed by atoms with van der Waals surface area (Å²) in [6.45, 7) is 5.02. The summed E-state index contributed by atoms with van der Waals surface area (Å²) < 4.78 is 24.4. The van der Waals surface area contributed by atoms with Crippen LogP contribution in [0.3, 0.4) is 0 Å². The van der Waals surface area contributed by atoms with Crippen LogP contribution in [0.2, 0.25) is 0 Å². The molecule has 0 aromatic rings. The van der Waals surface area contributed by atoms with Crippen molar-refractivity contribution in [3.05, 3.63) is 11.8 Å². The largest absolute Gasteiger partial charge is 0.402 e. The van der Waals surface area contributed by atoms with Gasteiger partial charge in [-0.1, -0.05) is 0 Å². The number of sulfonamides is 1. The molecule has 6 heteroatoms. The lowest BCUT2D eigenvalue weighted by Crippen LogP contribution is -2.36. The molecule has 0 unspecified atom stereocenters. The van der Waals surface area contributed by atoms with Gasteiger partial charge in [0.05, 0.1) is 0 Å². The van der Waals surface area contributed by atoms with E-state index in [4.69, 9.17) is 5.73 Å². The van der Waals surface area contributed by atoms with Crippen molar-refractivity contribution in [2.24, 2.45) is 5.73 Å². The van der Waals surface area contributed by atoms with Gasteiger partial charge in [0.25, 0.3) is 0 Å². The van der Waals surface area contributed by atoms with E-state index in [1.54, 1.807) is 13.8 Å². The summed E-state index contributed by atoms with van der Waals surface area (Å²) in [7, 11) is -2.07. The molecule has 0 atom stereocenters. The maximum atomic E-state index is 11.6. The average molecular weight is 234 g/mol. The van der Waals surface area contributed by atoms with Crippen LogP contribution in [0, 0.1) is 0 Å². The van der Waals surface area contributed by atoms with Gasteiger partial charge in [-0.05, 0) is 20.8 Å². The van der Waals surface area contributed by atoms with E-state index in [1.807, 2.05) is 0 Å².